The van der Waals surface area contributed by atoms with Gasteiger partial charge in [-0.1, -0.05) is 30.3 Å². The molecular weight excluding hydrogens is 288 g/mol. The van der Waals surface area contributed by atoms with E-state index in [1.807, 2.05) is 23.1 Å². The summed E-state index contributed by atoms with van der Waals surface area (Å²) in [4.78, 5) is 14.5. The SMILES string of the molecule is Cl.N[C@@H]1CN(C(=O)C2CCOCC2)C[C@H]1c1ccccc1. The van der Waals surface area contributed by atoms with Gasteiger partial charge in [0.2, 0.25) is 5.91 Å². The summed E-state index contributed by atoms with van der Waals surface area (Å²) >= 11 is 0. The number of nitrogens with two attached hydrogens (primary N) is 1. The van der Waals surface area contributed by atoms with Gasteiger partial charge in [-0.3, -0.25) is 4.79 Å². The van der Waals surface area contributed by atoms with Crippen LogP contribution in [0.3, 0.4) is 0 Å². The minimum Gasteiger partial charge on any atom is -0.381 e. The number of likely N-dealkylation sites (tertiary alicyclic amines) is 1. The van der Waals surface area contributed by atoms with Crippen molar-refractivity contribution in [1.82, 2.24) is 4.90 Å². The number of ether oxygens (including phenoxy) is 1. The highest BCUT2D eigenvalue weighted by molar-refractivity contribution is 5.85. The molecule has 116 valence electrons. The van der Waals surface area contributed by atoms with Gasteiger partial charge in [-0.15, -0.1) is 12.4 Å². The molecule has 1 aromatic rings. The second kappa shape index (κ2) is 7.25. The van der Waals surface area contributed by atoms with Crippen LogP contribution in [-0.2, 0) is 9.53 Å². The van der Waals surface area contributed by atoms with E-state index in [1.165, 1.54) is 5.56 Å². The first-order valence-corrected chi connectivity index (χ1v) is 7.43. The van der Waals surface area contributed by atoms with E-state index in [4.69, 9.17) is 10.5 Å². The number of nitrogens with zero attached hydrogens (tertiary/aromatic N) is 1. The molecule has 2 saturated heterocycles. The third-order valence-electron chi connectivity index (χ3n) is 4.48. The van der Waals surface area contributed by atoms with E-state index < -0.39 is 0 Å². The van der Waals surface area contributed by atoms with Crippen LogP contribution in [0.1, 0.15) is 24.3 Å². The lowest BCUT2D eigenvalue weighted by atomic mass is 9.95. The van der Waals surface area contributed by atoms with Crippen LogP contribution in [0.25, 0.3) is 0 Å². The Kier molecular flexibility index (Phi) is 5.62. The van der Waals surface area contributed by atoms with Crippen LogP contribution in [0.5, 0.6) is 0 Å². The second-order valence-corrected chi connectivity index (χ2v) is 5.81. The molecule has 0 aliphatic carbocycles. The smallest absolute Gasteiger partial charge is 0.225 e. The zero-order valence-electron chi connectivity index (χ0n) is 12.1. The molecule has 4 nitrogen and oxygen atoms in total. The fourth-order valence-corrected chi connectivity index (χ4v) is 3.26. The minimum atomic E-state index is 0. The molecule has 5 heteroatoms. The van der Waals surface area contributed by atoms with Crippen LogP contribution >= 0.6 is 12.4 Å². The number of carbonyl (C=O) groups is 1. The topological polar surface area (TPSA) is 55.6 Å². The Morgan fingerprint density at radius 1 is 1.14 bits per heavy atom. The lowest BCUT2D eigenvalue weighted by Gasteiger charge is -2.26. The van der Waals surface area contributed by atoms with E-state index in [0.717, 1.165) is 19.4 Å². The van der Waals surface area contributed by atoms with Crippen molar-refractivity contribution in [2.75, 3.05) is 26.3 Å². The van der Waals surface area contributed by atoms with Crippen molar-refractivity contribution in [2.45, 2.75) is 24.8 Å². The predicted molar refractivity (Wildman–Crippen MR) is 84.5 cm³/mol. The fourth-order valence-electron chi connectivity index (χ4n) is 3.26. The molecule has 2 fully saturated rings. The number of halogens is 1. The van der Waals surface area contributed by atoms with Gasteiger partial charge in [0.05, 0.1) is 0 Å². The van der Waals surface area contributed by atoms with Crippen molar-refractivity contribution in [3.05, 3.63) is 35.9 Å². The van der Waals surface area contributed by atoms with Gasteiger partial charge in [0, 0.05) is 44.2 Å². The van der Waals surface area contributed by atoms with E-state index >= 15 is 0 Å². The van der Waals surface area contributed by atoms with E-state index in [9.17, 15) is 4.79 Å². The van der Waals surface area contributed by atoms with Crippen LogP contribution in [0.4, 0.5) is 0 Å². The van der Waals surface area contributed by atoms with Crippen molar-refractivity contribution >= 4 is 18.3 Å². The van der Waals surface area contributed by atoms with Crippen molar-refractivity contribution in [2.24, 2.45) is 11.7 Å². The molecule has 2 N–H and O–H groups in total. The summed E-state index contributed by atoms with van der Waals surface area (Å²) in [6.45, 7) is 2.84. The van der Waals surface area contributed by atoms with Crippen molar-refractivity contribution in [1.29, 1.82) is 0 Å². The lowest BCUT2D eigenvalue weighted by molar-refractivity contribution is -0.137. The quantitative estimate of drug-likeness (QED) is 0.906. The number of hydrogen-bond acceptors (Lipinski definition) is 3. The average Bonchev–Trinajstić information content (AvgIpc) is 2.90. The maximum Gasteiger partial charge on any atom is 0.225 e. The van der Waals surface area contributed by atoms with E-state index in [2.05, 4.69) is 12.1 Å². The summed E-state index contributed by atoms with van der Waals surface area (Å²) in [6.07, 6.45) is 1.70. The Labute approximate surface area is 132 Å². The van der Waals surface area contributed by atoms with E-state index in [0.29, 0.717) is 19.8 Å². The largest absolute Gasteiger partial charge is 0.381 e. The number of rotatable bonds is 2. The first kappa shape index (κ1) is 16.3. The number of amides is 1. The van der Waals surface area contributed by atoms with E-state index in [-0.39, 0.29) is 36.2 Å². The zero-order valence-corrected chi connectivity index (χ0v) is 12.9. The third-order valence-corrected chi connectivity index (χ3v) is 4.48. The molecule has 1 aromatic carbocycles. The Morgan fingerprint density at radius 3 is 2.48 bits per heavy atom. The molecule has 2 atom stereocenters. The maximum absolute atomic E-state index is 12.5. The highest BCUT2D eigenvalue weighted by Crippen LogP contribution is 2.28. The highest BCUT2D eigenvalue weighted by atomic mass is 35.5. The van der Waals surface area contributed by atoms with Gasteiger partial charge in [0.1, 0.15) is 0 Å². The molecule has 2 aliphatic heterocycles. The number of carbonyl (C=O) groups excluding carboxylic acids is 1. The van der Waals surface area contributed by atoms with Crippen molar-refractivity contribution in [3.8, 4) is 0 Å². The minimum absolute atomic E-state index is 0. The molecule has 0 saturated carbocycles. The molecule has 2 aliphatic rings. The van der Waals surface area contributed by atoms with Crippen LogP contribution in [0.15, 0.2) is 30.3 Å². The number of benzene rings is 1. The molecule has 0 bridgehead atoms. The monoisotopic (exact) mass is 310 g/mol. The van der Waals surface area contributed by atoms with Crippen LogP contribution in [-0.4, -0.2) is 43.2 Å². The van der Waals surface area contributed by atoms with Gasteiger partial charge in [-0.2, -0.15) is 0 Å². The predicted octanol–water partition coefficient (Wildman–Crippen LogP) is 1.79. The molecule has 0 spiro atoms. The Balaban J connectivity index is 0.00000161. The lowest BCUT2D eigenvalue weighted by Crippen LogP contribution is -2.38. The van der Waals surface area contributed by atoms with Gasteiger partial charge < -0.3 is 15.4 Å². The maximum atomic E-state index is 12.5. The van der Waals surface area contributed by atoms with E-state index in [1.54, 1.807) is 0 Å². The molecule has 0 radical (unpaired) electrons. The summed E-state index contributed by atoms with van der Waals surface area (Å²) in [7, 11) is 0. The summed E-state index contributed by atoms with van der Waals surface area (Å²) in [5.41, 5.74) is 7.49. The zero-order chi connectivity index (χ0) is 13.9. The molecule has 21 heavy (non-hydrogen) atoms. The van der Waals surface area contributed by atoms with Gasteiger partial charge in [0.25, 0.3) is 0 Å². The standard InChI is InChI=1S/C16H22N2O2.ClH/c17-15-11-18(16(19)13-6-8-20-9-7-13)10-14(15)12-4-2-1-3-5-12;/h1-5,13-15H,6-11,17H2;1H/t14-,15+;/m0./s1. The van der Waals surface area contributed by atoms with Crippen LogP contribution in [0, 0.1) is 5.92 Å². The summed E-state index contributed by atoms with van der Waals surface area (Å²) in [5, 5.41) is 0. The van der Waals surface area contributed by atoms with Crippen LogP contribution in [0.2, 0.25) is 0 Å². The van der Waals surface area contributed by atoms with Gasteiger partial charge >= 0.3 is 0 Å². The Morgan fingerprint density at radius 2 is 1.81 bits per heavy atom. The van der Waals surface area contributed by atoms with Crippen molar-refractivity contribution < 1.29 is 9.53 Å². The number of hydrogen-bond donors (Lipinski definition) is 1. The molecule has 2 heterocycles. The Bertz CT molecular complexity index is 463. The molecule has 1 amide bonds. The normalized spacial score (nSPS) is 26.4. The highest BCUT2D eigenvalue weighted by Gasteiger charge is 2.36. The van der Waals surface area contributed by atoms with Gasteiger partial charge in [0.15, 0.2) is 0 Å². The van der Waals surface area contributed by atoms with Crippen LogP contribution < -0.4 is 5.73 Å². The third kappa shape index (κ3) is 3.57. The van der Waals surface area contributed by atoms with Crippen molar-refractivity contribution in [3.63, 3.8) is 0 Å². The van der Waals surface area contributed by atoms with Gasteiger partial charge in [-0.25, -0.2) is 0 Å². The first-order chi connectivity index (χ1) is 9.75. The first-order valence-electron chi connectivity index (χ1n) is 7.43. The fraction of sp³-hybridized carbons (Fsp3) is 0.562. The summed E-state index contributed by atoms with van der Waals surface area (Å²) < 4.78 is 5.33. The summed E-state index contributed by atoms with van der Waals surface area (Å²) in [5.74, 6) is 0.660. The Hall–Kier alpha value is -1.10. The average molecular weight is 311 g/mol. The molecule has 3 rings (SSSR count). The molecule has 0 unspecified atom stereocenters. The molecular formula is C16H23ClN2O2. The molecule has 0 aromatic heterocycles. The second-order valence-electron chi connectivity index (χ2n) is 5.81. The van der Waals surface area contributed by atoms with Gasteiger partial charge in [-0.05, 0) is 18.4 Å². The summed E-state index contributed by atoms with van der Waals surface area (Å²) in [6, 6.07) is 10.3.